The van der Waals surface area contributed by atoms with Gasteiger partial charge >= 0.3 is 0 Å². The molecule has 0 fully saturated rings. The fourth-order valence-corrected chi connectivity index (χ4v) is 2.02. The first kappa shape index (κ1) is 14.4. The second-order valence-corrected chi connectivity index (χ2v) is 4.62. The lowest BCUT2D eigenvalue weighted by Gasteiger charge is -2.13. The van der Waals surface area contributed by atoms with E-state index in [0.717, 1.165) is 5.56 Å². The number of rotatable bonds is 3. The summed E-state index contributed by atoms with van der Waals surface area (Å²) in [7, 11) is 1.57. The molecule has 4 N–H and O–H groups in total. The Balaban J connectivity index is 2.43. The van der Waals surface area contributed by atoms with E-state index in [4.69, 9.17) is 5.73 Å². The van der Waals surface area contributed by atoms with Gasteiger partial charge in [0.05, 0.1) is 22.6 Å². The first-order valence-corrected chi connectivity index (χ1v) is 6.45. The van der Waals surface area contributed by atoms with Crippen molar-refractivity contribution in [1.82, 2.24) is 5.32 Å². The van der Waals surface area contributed by atoms with Gasteiger partial charge in [-0.05, 0) is 36.8 Å². The number of nitriles is 1. The Morgan fingerprint density at radius 1 is 1.24 bits per heavy atom. The van der Waals surface area contributed by atoms with Gasteiger partial charge in [0.2, 0.25) is 0 Å². The van der Waals surface area contributed by atoms with Gasteiger partial charge < -0.3 is 16.4 Å². The summed E-state index contributed by atoms with van der Waals surface area (Å²) in [5.74, 6) is -0.192. The Labute approximate surface area is 123 Å². The molecule has 0 aliphatic rings. The molecule has 0 bridgehead atoms. The van der Waals surface area contributed by atoms with Crippen LogP contribution in [0, 0.1) is 18.3 Å². The summed E-state index contributed by atoms with van der Waals surface area (Å²) in [5, 5.41) is 14.9. The van der Waals surface area contributed by atoms with Crippen molar-refractivity contribution in [2.75, 3.05) is 18.1 Å². The Morgan fingerprint density at radius 2 is 2.00 bits per heavy atom. The molecular formula is C16H16N4O. The Hall–Kier alpha value is -3.00. The standard InChI is InChI=1S/C16H16N4O/c1-10-4-3-5-14(12(10)9-17)20-15-8-11(16(21)19-2)6-7-13(15)18/h3-8,20H,18H2,1-2H3,(H,19,21). The van der Waals surface area contributed by atoms with Gasteiger partial charge in [0.25, 0.3) is 5.91 Å². The number of aryl methyl sites for hydroxylation is 1. The van der Waals surface area contributed by atoms with Gasteiger partial charge in [-0.3, -0.25) is 4.79 Å². The molecule has 0 aliphatic carbocycles. The predicted molar refractivity (Wildman–Crippen MR) is 83.4 cm³/mol. The van der Waals surface area contributed by atoms with Gasteiger partial charge in [0.15, 0.2) is 0 Å². The largest absolute Gasteiger partial charge is 0.397 e. The monoisotopic (exact) mass is 280 g/mol. The van der Waals surface area contributed by atoms with E-state index < -0.39 is 0 Å². The number of carbonyl (C=O) groups is 1. The topological polar surface area (TPSA) is 90.9 Å². The highest BCUT2D eigenvalue weighted by atomic mass is 16.1. The lowest BCUT2D eigenvalue weighted by molar-refractivity contribution is 0.0963. The van der Waals surface area contributed by atoms with E-state index in [1.165, 1.54) is 0 Å². The Kier molecular flexibility index (Phi) is 4.10. The van der Waals surface area contributed by atoms with Crippen molar-refractivity contribution in [1.29, 1.82) is 5.26 Å². The van der Waals surface area contributed by atoms with Crippen molar-refractivity contribution in [3.8, 4) is 6.07 Å². The molecule has 0 aliphatic heterocycles. The molecule has 0 heterocycles. The molecule has 1 amide bonds. The maximum Gasteiger partial charge on any atom is 0.251 e. The van der Waals surface area contributed by atoms with Crippen LogP contribution in [0.25, 0.3) is 0 Å². The lowest BCUT2D eigenvalue weighted by atomic mass is 10.1. The predicted octanol–water partition coefficient (Wildman–Crippen LogP) is 2.55. The van der Waals surface area contributed by atoms with Crippen molar-refractivity contribution >= 4 is 23.0 Å². The molecule has 0 aromatic heterocycles. The summed E-state index contributed by atoms with van der Waals surface area (Å²) in [5.41, 5.74) is 9.64. The van der Waals surface area contributed by atoms with Gasteiger partial charge in [-0.25, -0.2) is 0 Å². The number of nitrogens with one attached hydrogen (secondary N) is 2. The summed E-state index contributed by atoms with van der Waals surface area (Å²) in [6.45, 7) is 1.87. The highest BCUT2D eigenvalue weighted by Crippen LogP contribution is 2.27. The summed E-state index contributed by atoms with van der Waals surface area (Å²) < 4.78 is 0. The zero-order valence-corrected chi connectivity index (χ0v) is 11.9. The average Bonchev–Trinajstić information content (AvgIpc) is 2.49. The Bertz CT molecular complexity index is 732. The minimum absolute atomic E-state index is 0.192. The smallest absolute Gasteiger partial charge is 0.251 e. The van der Waals surface area contributed by atoms with Crippen LogP contribution < -0.4 is 16.4 Å². The van der Waals surface area contributed by atoms with Gasteiger partial charge in [-0.2, -0.15) is 5.26 Å². The maximum atomic E-state index is 11.7. The van der Waals surface area contributed by atoms with E-state index in [2.05, 4.69) is 16.7 Å². The fraction of sp³-hybridized carbons (Fsp3) is 0.125. The van der Waals surface area contributed by atoms with Crippen LogP contribution in [0.1, 0.15) is 21.5 Å². The van der Waals surface area contributed by atoms with Crippen LogP contribution in [0.15, 0.2) is 36.4 Å². The summed E-state index contributed by atoms with van der Waals surface area (Å²) in [6, 6.07) is 12.7. The number of hydrogen-bond acceptors (Lipinski definition) is 4. The second-order valence-electron chi connectivity index (χ2n) is 4.62. The van der Waals surface area contributed by atoms with Gasteiger partial charge in [0.1, 0.15) is 6.07 Å². The number of anilines is 3. The number of carbonyl (C=O) groups excluding carboxylic acids is 1. The van der Waals surface area contributed by atoms with Gasteiger partial charge in [-0.1, -0.05) is 12.1 Å². The average molecular weight is 280 g/mol. The summed E-state index contributed by atoms with van der Waals surface area (Å²) in [6.07, 6.45) is 0. The zero-order valence-electron chi connectivity index (χ0n) is 11.9. The molecule has 0 saturated heterocycles. The normalized spacial score (nSPS) is 9.76. The molecule has 0 spiro atoms. The van der Waals surface area contributed by atoms with Crippen LogP contribution >= 0.6 is 0 Å². The third kappa shape index (κ3) is 2.95. The number of nitrogens with zero attached hydrogens (tertiary/aromatic N) is 1. The molecule has 2 aromatic rings. The van der Waals surface area contributed by atoms with Crippen LogP contribution in [0.3, 0.4) is 0 Å². The summed E-state index contributed by atoms with van der Waals surface area (Å²) in [4.78, 5) is 11.7. The second kappa shape index (κ2) is 5.97. The number of benzene rings is 2. The SMILES string of the molecule is CNC(=O)c1ccc(N)c(Nc2cccc(C)c2C#N)c1. The van der Waals surface area contributed by atoms with E-state index >= 15 is 0 Å². The molecule has 2 rings (SSSR count). The third-order valence-corrected chi connectivity index (χ3v) is 3.20. The van der Waals surface area contributed by atoms with E-state index in [-0.39, 0.29) is 5.91 Å². The minimum Gasteiger partial charge on any atom is -0.397 e. The van der Waals surface area contributed by atoms with E-state index in [1.54, 1.807) is 31.3 Å². The number of nitrogen functional groups attached to an aromatic ring is 1. The first-order chi connectivity index (χ1) is 10.1. The number of hydrogen-bond donors (Lipinski definition) is 3. The molecule has 106 valence electrons. The van der Waals surface area contributed by atoms with Crippen molar-refractivity contribution in [2.24, 2.45) is 0 Å². The molecule has 0 saturated carbocycles. The maximum absolute atomic E-state index is 11.7. The summed E-state index contributed by atoms with van der Waals surface area (Å²) >= 11 is 0. The highest BCUT2D eigenvalue weighted by Gasteiger charge is 2.10. The van der Waals surface area contributed by atoms with Crippen molar-refractivity contribution in [3.05, 3.63) is 53.1 Å². The molecule has 0 atom stereocenters. The Morgan fingerprint density at radius 3 is 2.67 bits per heavy atom. The van der Waals surface area contributed by atoms with E-state index in [9.17, 15) is 10.1 Å². The van der Waals surface area contributed by atoms with Gasteiger partial charge in [-0.15, -0.1) is 0 Å². The molecule has 0 radical (unpaired) electrons. The van der Waals surface area contributed by atoms with Crippen LogP contribution in [0.2, 0.25) is 0 Å². The fourth-order valence-electron chi connectivity index (χ4n) is 2.02. The number of amides is 1. The molecule has 21 heavy (non-hydrogen) atoms. The van der Waals surface area contributed by atoms with Crippen LogP contribution in [-0.4, -0.2) is 13.0 Å². The molecule has 0 unspecified atom stereocenters. The lowest BCUT2D eigenvalue weighted by Crippen LogP contribution is -2.18. The third-order valence-electron chi connectivity index (χ3n) is 3.20. The van der Waals surface area contributed by atoms with E-state index in [0.29, 0.717) is 28.2 Å². The quantitative estimate of drug-likeness (QED) is 0.753. The highest BCUT2D eigenvalue weighted by molar-refractivity contribution is 5.96. The van der Waals surface area contributed by atoms with Gasteiger partial charge in [0, 0.05) is 12.6 Å². The molecular weight excluding hydrogens is 264 g/mol. The van der Waals surface area contributed by atoms with Crippen molar-refractivity contribution < 1.29 is 4.79 Å². The zero-order chi connectivity index (χ0) is 15.4. The van der Waals surface area contributed by atoms with Crippen LogP contribution in [0.5, 0.6) is 0 Å². The van der Waals surface area contributed by atoms with Crippen molar-refractivity contribution in [2.45, 2.75) is 6.92 Å². The van der Waals surface area contributed by atoms with Crippen molar-refractivity contribution in [3.63, 3.8) is 0 Å². The minimum atomic E-state index is -0.192. The van der Waals surface area contributed by atoms with E-state index in [1.807, 2.05) is 19.1 Å². The van der Waals surface area contributed by atoms with Crippen LogP contribution in [0.4, 0.5) is 17.1 Å². The number of nitrogens with two attached hydrogens (primary N) is 1. The first-order valence-electron chi connectivity index (χ1n) is 6.45. The van der Waals surface area contributed by atoms with Crippen LogP contribution in [-0.2, 0) is 0 Å². The molecule has 5 nitrogen and oxygen atoms in total. The molecule has 2 aromatic carbocycles. The molecule has 5 heteroatoms.